The first-order chi connectivity index (χ1) is 5.71. The molecule has 0 atom stereocenters. The Hall–Kier alpha value is -0.590. The van der Waals surface area contributed by atoms with Gasteiger partial charge in [0.25, 0.3) is 0 Å². The van der Waals surface area contributed by atoms with Gasteiger partial charge in [0.05, 0.1) is 0 Å². The van der Waals surface area contributed by atoms with Gasteiger partial charge in [0.1, 0.15) is 0 Å². The van der Waals surface area contributed by atoms with Crippen LogP contribution in [-0.4, -0.2) is 5.71 Å². The standard InChI is InChI=1S/C12H21N/c1-11(2,3)9-7-10(13-8-9)12(4,5)6/h8H,7H2,1-6H3. The second-order valence-corrected chi connectivity index (χ2v) is 5.91. The smallest absolute Gasteiger partial charge is 0.0273 e. The summed E-state index contributed by atoms with van der Waals surface area (Å²) < 4.78 is 0. The van der Waals surface area contributed by atoms with E-state index in [2.05, 4.69) is 52.7 Å². The highest BCUT2D eigenvalue weighted by molar-refractivity contribution is 5.93. The van der Waals surface area contributed by atoms with Crippen molar-refractivity contribution in [2.45, 2.75) is 48.0 Å². The van der Waals surface area contributed by atoms with E-state index in [4.69, 9.17) is 0 Å². The average molecular weight is 179 g/mol. The molecular formula is C12H21N. The molecule has 0 amide bonds. The summed E-state index contributed by atoms with van der Waals surface area (Å²) in [6.45, 7) is 13.4. The van der Waals surface area contributed by atoms with Gasteiger partial charge in [-0.15, -0.1) is 0 Å². The Kier molecular flexibility index (Phi) is 2.40. The van der Waals surface area contributed by atoms with Crippen LogP contribution in [0.15, 0.2) is 16.8 Å². The Bertz CT molecular complexity index is 228. The van der Waals surface area contributed by atoms with Crippen molar-refractivity contribution >= 4 is 5.71 Å². The van der Waals surface area contributed by atoms with Gasteiger partial charge in [-0.05, 0) is 11.0 Å². The van der Waals surface area contributed by atoms with Gasteiger partial charge in [-0.2, -0.15) is 0 Å². The minimum Gasteiger partial charge on any atom is -0.265 e. The second kappa shape index (κ2) is 2.97. The van der Waals surface area contributed by atoms with Crippen molar-refractivity contribution in [3.63, 3.8) is 0 Å². The SMILES string of the molecule is CC(C)(C)C1=CN=C(C(C)(C)C)C1. The molecule has 74 valence electrons. The molecule has 1 nitrogen and oxygen atoms in total. The number of aliphatic imine (C=N–C) groups is 1. The van der Waals surface area contributed by atoms with Crippen LogP contribution in [0.3, 0.4) is 0 Å². The summed E-state index contributed by atoms with van der Waals surface area (Å²) >= 11 is 0. The molecule has 0 saturated heterocycles. The topological polar surface area (TPSA) is 12.4 Å². The van der Waals surface area contributed by atoms with E-state index >= 15 is 0 Å². The zero-order valence-electron chi connectivity index (χ0n) is 9.73. The molecule has 1 aliphatic heterocycles. The van der Waals surface area contributed by atoms with Crippen LogP contribution in [0.2, 0.25) is 0 Å². The number of allylic oxidation sites excluding steroid dienone is 1. The van der Waals surface area contributed by atoms with Crippen molar-refractivity contribution in [1.82, 2.24) is 0 Å². The van der Waals surface area contributed by atoms with Crippen LogP contribution in [0.1, 0.15) is 48.0 Å². The minimum absolute atomic E-state index is 0.226. The maximum atomic E-state index is 4.51. The van der Waals surface area contributed by atoms with Crippen molar-refractivity contribution in [2.75, 3.05) is 0 Å². The largest absolute Gasteiger partial charge is 0.265 e. The summed E-state index contributed by atoms with van der Waals surface area (Å²) in [5.41, 5.74) is 3.27. The van der Waals surface area contributed by atoms with Gasteiger partial charge < -0.3 is 0 Å². The van der Waals surface area contributed by atoms with E-state index in [1.807, 2.05) is 0 Å². The molecular weight excluding hydrogens is 158 g/mol. The summed E-state index contributed by atoms with van der Waals surface area (Å²) in [4.78, 5) is 4.51. The van der Waals surface area contributed by atoms with Crippen molar-refractivity contribution < 1.29 is 0 Å². The first kappa shape index (κ1) is 10.5. The average Bonchev–Trinajstić information content (AvgIpc) is 2.28. The molecule has 0 aromatic rings. The third-order valence-electron chi connectivity index (χ3n) is 2.56. The zero-order valence-corrected chi connectivity index (χ0v) is 9.73. The van der Waals surface area contributed by atoms with E-state index < -0.39 is 0 Å². The van der Waals surface area contributed by atoms with E-state index in [1.165, 1.54) is 11.3 Å². The summed E-state index contributed by atoms with van der Waals surface area (Å²) in [6.07, 6.45) is 3.12. The molecule has 0 aromatic carbocycles. The highest BCUT2D eigenvalue weighted by Crippen LogP contribution is 2.35. The van der Waals surface area contributed by atoms with Crippen LogP contribution in [-0.2, 0) is 0 Å². The van der Waals surface area contributed by atoms with Gasteiger partial charge in [-0.1, -0.05) is 41.5 Å². The lowest BCUT2D eigenvalue weighted by Gasteiger charge is -2.23. The first-order valence-corrected chi connectivity index (χ1v) is 4.98. The van der Waals surface area contributed by atoms with Crippen LogP contribution in [0, 0.1) is 10.8 Å². The Morgan fingerprint density at radius 1 is 1.00 bits per heavy atom. The third-order valence-corrected chi connectivity index (χ3v) is 2.56. The Morgan fingerprint density at radius 2 is 1.54 bits per heavy atom. The fraction of sp³-hybridized carbons (Fsp3) is 0.750. The Morgan fingerprint density at radius 3 is 1.77 bits per heavy atom. The molecule has 0 saturated carbocycles. The molecule has 0 spiro atoms. The normalized spacial score (nSPS) is 18.6. The molecule has 1 heteroatoms. The molecule has 0 unspecified atom stereocenters. The van der Waals surface area contributed by atoms with Crippen LogP contribution < -0.4 is 0 Å². The molecule has 0 bridgehead atoms. The molecule has 1 heterocycles. The fourth-order valence-corrected chi connectivity index (χ4v) is 1.35. The number of nitrogens with zero attached hydrogens (tertiary/aromatic N) is 1. The zero-order chi connectivity index (χ0) is 10.3. The van der Waals surface area contributed by atoms with Gasteiger partial charge in [-0.25, -0.2) is 0 Å². The van der Waals surface area contributed by atoms with Gasteiger partial charge in [0.2, 0.25) is 0 Å². The van der Waals surface area contributed by atoms with Crippen molar-refractivity contribution in [2.24, 2.45) is 15.8 Å². The van der Waals surface area contributed by atoms with E-state index in [1.54, 1.807) is 0 Å². The predicted octanol–water partition coefficient (Wildman–Crippen LogP) is 3.81. The lowest BCUT2D eigenvalue weighted by molar-refractivity contribution is 0.493. The molecule has 0 fully saturated rings. The summed E-state index contributed by atoms with van der Waals surface area (Å²) in [5, 5.41) is 0. The third kappa shape index (κ3) is 2.43. The quantitative estimate of drug-likeness (QED) is 0.536. The van der Waals surface area contributed by atoms with Crippen molar-refractivity contribution in [1.29, 1.82) is 0 Å². The lowest BCUT2D eigenvalue weighted by Crippen LogP contribution is -2.20. The van der Waals surface area contributed by atoms with Crippen molar-refractivity contribution in [3.05, 3.63) is 11.8 Å². The highest BCUT2D eigenvalue weighted by Gasteiger charge is 2.27. The molecule has 13 heavy (non-hydrogen) atoms. The summed E-state index contributed by atoms with van der Waals surface area (Å²) in [6, 6.07) is 0. The predicted molar refractivity (Wildman–Crippen MR) is 59.0 cm³/mol. The van der Waals surface area contributed by atoms with E-state index in [0.29, 0.717) is 0 Å². The monoisotopic (exact) mass is 179 g/mol. The fourth-order valence-electron chi connectivity index (χ4n) is 1.35. The summed E-state index contributed by atoms with van der Waals surface area (Å²) in [5.74, 6) is 0. The lowest BCUT2D eigenvalue weighted by atomic mass is 9.80. The van der Waals surface area contributed by atoms with E-state index in [0.717, 1.165) is 6.42 Å². The molecule has 0 N–H and O–H groups in total. The summed E-state index contributed by atoms with van der Waals surface area (Å²) in [7, 11) is 0. The van der Waals surface area contributed by atoms with Gasteiger partial charge in [0, 0.05) is 23.7 Å². The van der Waals surface area contributed by atoms with Gasteiger partial charge >= 0.3 is 0 Å². The van der Waals surface area contributed by atoms with Crippen LogP contribution in [0.4, 0.5) is 0 Å². The van der Waals surface area contributed by atoms with E-state index in [-0.39, 0.29) is 10.8 Å². The molecule has 0 radical (unpaired) electrons. The number of hydrogen-bond donors (Lipinski definition) is 0. The minimum atomic E-state index is 0.226. The molecule has 1 aliphatic rings. The highest BCUT2D eigenvalue weighted by atomic mass is 14.8. The van der Waals surface area contributed by atoms with Gasteiger partial charge in [-0.3, -0.25) is 4.99 Å². The maximum Gasteiger partial charge on any atom is 0.0273 e. The van der Waals surface area contributed by atoms with E-state index in [9.17, 15) is 0 Å². The molecule has 1 rings (SSSR count). The van der Waals surface area contributed by atoms with Crippen LogP contribution in [0.5, 0.6) is 0 Å². The van der Waals surface area contributed by atoms with Crippen LogP contribution >= 0.6 is 0 Å². The number of rotatable bonds is 0. The molecule has 0 aromatic heterocycles. The first-order valence-electron chi connectivity index (χ1n) is 4.98. The molecule has 0 aliphatic carbocycles. The Labute approximate surface area is 82.0 Å². The maximum absolute atomic E-state index is 4.51. The van der Waals surface area contributed by atoms with Crippen LogP contribution in [0.25, 0.3) is 0 Å². The van der Waals surface area contributed by atoms with Gasteiger partial charge in [0.15, 0.2) is 0 Å². The Balaban J connectivity index is 2.71. The second-order valence-electron chi connectivity index (χ2n) is 5.91. The number of hydrogen-bond acceptors (Lipinski definition) is 1. The van der Waals surface area contributed by atoms with Crippen molar-refractivity contribution in [3.8, 4) is 0 Å².